The molecule has 2 aliphatic rings. The van der Waals surface area contributed by atoms with Gasteiger partial charge >= 0.3 is 0 Å². The Hall–Kier alpha value is -0.373. The van der Waals surface area contributed by atoms with Gasteiger partial charge in [0.2, 0.25) is 0 Å². The molecule has 0 aromatic carbocycles. The Labute approximate surface area is 93.1 Å². The molecule has 0 aliphatic carbocycles. The van der Waals surface area contributed by atoms with Crippen molar-refractivity contribution in [3.63, 3.8) is 0 Å². The van der Waals surface area contributed by atoms with Crippen molar-refractivity contribution in [3.8, 4) is 6.07 Å². The van der Waals surface area contributed by atoms with Gasteiger partial charge in [-0.1, -0.05) is 0 Å². The van der Waals surface area contributed by atoms with E-state index in [-0.39, 0.29) is 0 Å². The fraction of sp³-hybridized carbons (Fsp3) is 0.909. The highest BCUT2D eigenvalue weighted by atomic mass is 28.4. The Morgan fingerprint density at radius 1 is 1.40 bits per heavy atom. The Morgan fingerprint density at radius 2 is 2.13 bits per heavy atom. The maximum atomic E-state index is 9.45. The fourth-order valence-electron chi connectivity index (χ4n) is 2.80. The molecular formula is C11H20N2OSi. The molecule has 2 saturated heterocycles. The van der Waals surface area contributed by atoms with Gasteiger partial charge in [0.05, 0.1) is 6.07 Å². The molecule has 3 atom stereocenters. The molecule has 0 saturated carbocycles. The van der Waals surface area contributed by atoms with Crippen molar-refractivity contribution in [2.75, 3.05) is 19.6 Å². The minimum absolute atomic E-state index is 0.447. The van der Waals surface area contributed by atoms with E-state index in [9.17, 15) is 5.26 Å². The summed E-state index contributed by atoms with van der Waals surface area (Å²) in [6.07, 6.45) is 2.04. The highest BCUT2D eigenvalue weighted by Crippen LogP contribution is 2.39. The van der Waals surface area contributed by atoms with Gasteiger partial charge in [0.15, 0.2) is 8.32 Å². The lowest BCUT2D eigenvalue weighted by Gasteiger charge is -2.41. The van der Waals surface area contributed by atoms with E-state index in [2.05, 4.69) is 30.6 Å². The summed E-state index contributed by atoms with van der Waals surface area (Å²) in [6.45, 7) is 9.78. The summed E-state index contributed by atoms with van der Waals surface area (Å²) in [7, 11) is -1.62. The lowest BCUT2D eigenvalue weighted by molar-refractivity contribution is 0.0212. The zero-order chi connectivity index (χ0) is 11.1. The average molecular weight is 224 g/mol. The molecule has 15 heavy (non-hydrogen) atoms. The van der Waals surface area contributed by atoms with Crippen LogP contribution in [0.1, 0.15) is 12.8 Å². The first-order valence-corrected chi connectivity index (χ1v) is 9.20. The Bertz CT molecular complexity index is 294. The molecule has 3 unspecified atom stereocenters. The molecule has 0 aromatic rings. The minimum atomic E-state index is -1.62. The second-order valence-electron chi connectivity index (χ2n) is 5.75. The minimum Gasteiger partial charge on any atom is -0.400 e. The Balaban J connectivity index is 2.18. The van der Waals surface area contributed by atoms with Crippen LogP contribution < -0.4 is 0 Å². The molecule has 2 rings (SSSR count). The molecule has 84 valence electrons. The van der Waals surface area contributed by atoms with Gasteiger partial charge in [-0.15, -0.1) is 0 Å². The third-order valence-corrected chi connectivity index (χ3v) is 4.39. The molecule has 2 aliphatic heterocycles. The first kappa shape index (κ1) is 11.1. The highest BCUT2D eigenvalue weighted by molar-refractivity contribution is 6.69. The van der Waals surface area contributed by atoms with Gasteiger partial charge in [-0.25, -0.2) is 0 Å². The summed E-state index contributed by atoms with van der Waals surface area (Å²) >= 11 is 0. The standard InChI is InChI=1S/C11H20N2OSi/c1-15(2,3)14-11(9-12)5-7-13-6-4-10(11)8-13/h10H,4-8H2,1-3H3. The van der Waals surface area contributed by atoms with Crippen molar-refractivity contribution in [2.24, 2.45) is 5.92 Å². The Morgan fingerprint density at radius 3 is 2.73 bits per heavy atom. The normalized spacial score (nSPS) is 40.1. The lowest BCUT2D eigenvalue weighted by atomic mass is 9.83. The van der Waals surface area contributed by atoms with E-state index in [1.165, 1.54) is 0 Å². The summed E-state index contributed by atoms with van der Waals surface area (Å²) < 4.78 is 6.20. The number of hydrogen-bond donors (Lipinski definition) is 0. The SMILES string of the molecule is C[Si](C)(C)OC1(C#N)CCN2CCC1C2. The number of nitriles is 1. The first-order valence-electron chi connectivity index (χ1n) is 5.79. The van der Waals surface area contributed by atoms with Gasteiger partial charge in [-0.3, -0.25) is 0 Å². The van der Waals surface area contributed by atoms with E-state index >= 15 is 0 Å². The van der Waals surface area contributed by atoms with E-state index in [1.807, 2.05) is 0 Å². The van der Waals surface area contributed by atoms with Crippen LogP contribution in [0.4, 0.5) is 0 Å². The molecule has 3 nitrogen and oxygen atoms in total. The zero-order valence-corrected chi connectivity index (χ0v) is 10.9. The third-order valence-electron chi connectivity index (χ3n) is 3.41. The average Bonchev–Trinajstić information content (AvgIpc) is 2.54. The molecule has 2 bridgehead atoms. The first-order chi connectivity index (χ1) is 6.95. The maximum Gasteiger partial charge on any atom is 0.185 e. The lowest BCUT2D eigenvalue weighted by Crippen LogP contribution is -2.52. The smallest absolute Gasteiger partial charge is 0.185 e. The van der Waals surface area contributed by atoms with E-state index in [4.69, 9.17) is 4.43 Å². The van der Waals surface area contributed by atoms with Crippen molar-refractivity contribution < 1.29 is 4.43 Å². The number of piperidine rings is 1. The van der Waals surface area contributed by atoms with Gasteiger partial charge in [-0.05, 0) is 32.6 Å². The van der Waals surface area contributed by atoms with Crippen LogP contribution >= 0.6 is 0 Å². The van der Waals surface area contributed by atoms with Crippen LogP contribution in [0.5, 0.6) is 0 Å². The molecule has 0 spiro atoms. The van der Waals surface area contributed by atoms with Gasteiger partial charge in [0, 0.05) is 25.4 Å². The van der Waals surface area contributed by atoms with E-state index in [0.29, 0.717) is 5.92 Å². The summed E-state index contributed by atoms with van der Waals surface area (Å²) in [5.74, 6) is 0.447. The summed E-state index contributed by atoms with van der Waals surface area (Å²) in [5.41, 5.74) is -0.461. The van der Waals surface area contributed by atoms with Crippen molar-refractivity contribution in [1.29, 1.82) is 5.26 Å². The predicted octanol–water partition coefficient (Wildman–Crippen LogP) is 1.83. The van der Waals surface area contributed by atoms with Gasteiger partial charge in [0.25, 0.3) is 0 Å². The molecule has 0 amide bonds. The second kappa shape index (κ2) is 3.58. The molecule has 0 aromatic heterocycles. The molecule has 0 radical (unpaired) electrons. The van der Waals surface area contributed by atoms with E-state index in [1.54, 1.807) is 0 Å². The monoisotopic (exact) mass is 224 g/mol. The number of hydrogen-bond acceptors (Lipinski definition) is 3. The van der Waals surface area contributed by atoms with E-state index < -0.39 is 13.9 Å². The Kier molecular flexibility index (Phi) is 2.66. The largest absolute Gasteiger partial charge is 0.400 e. The van der Waals surface area contributed by atoms with Crippen LogP contribution in [0.15, 0.2) is 0 Å². The van der Waals surface area contributed by atoms with Gasteiger partial charge in [0.1, 0.15) is 5.60 Å². The number of fused-ring (bicyclic) bond motifs is 2. The molecular weight excluding hydrogens is 204 g/mol. The molecule has 2 heterocycles. The maximum absolute atomic E-state index is 9.45. The second-order valence-corrected chi connectivity index (χ2v) is 10.2. The van der Waals surface area contributed by atoms with Crippen molar-refractivity contribution in [1.82, 2.24) is 4.90 Å². The number of rotatable bonds is 2. The van der Waals surface area contributed by atoms with Gasteiger partial charge in [-0.2, -0.15) is 5.26 Å². The third kappa shape index (κ3) is 2.10. The molecule has 4 heteroatoms. The van der Waals surface area contributed by atoms with Crippen LogP contribution in [0, 0.1) is 17.2 Å². The molecule has 0 N–H and O–H groups in total. The number of nitrogens with zero attached hydrogens (tertiary/aromatic N) is 2. The fourth-order valence-corrected chi connectivity index (χ4v) is 4.20. The van der Waals surface area contributed by atoms with Crippen LogP contribution in [0.2, 0.25) is 19.6 Å². The summed E-state index contributed by atoms with van der Waals surface area (Å²) in [5, 5.41) is 9.45. The van der Waals surface area contributed by atoms with Crippen LogP contribution in [0.25, 0.3) is 0 Å². The van der Waals surface area contributed by atoms with Crippen LogP contribution in [0.3, 0.4) is 0 Å². The predicted molar refractivity (Wildman–Crippen MR) is 61.9 cm³/mol. The van der Waals surface area contributed by atoms with Crippen LogP contribution in [-0.4, -0.2) is 38.5 Å². The summed E-state index contributed by atoms with van der Waals surface area (Å²) in [4.78, 5) is 2.45. The van der Waals surface area contributed by atoms with Gasteiger partial charge < -0.3 is 9.33 Å². The van der Waals surface area contributed by atoms with Crippen molar-refractivity contribution >= 4 is 8.32 Å². The van der Waals surface area contributed by atoms with Crippen LogP contribution in [-0.2, 0) is 4.43 Å². The molecule has 2 fully saturated rings. The quantitative estimate of drug-likeness (QED) is 0.671. The van der Waals surface area contributed by atoms with Crippen molar-refractivity contribution in [3.05, 3.63) is 0 Å². The zero-order valence-electron chi connectivity index (χ0n) is 9.92. The van der Waals surface area contributed by atoms with Crippen molar-refractivity contribution in [2.45, 2.75) is 38.1 Å². The van der Waals surface area contributed by atoms with E-state index in [0.717, 1.165) is 32.5 Å². The topological polar surface area (TPSA) is 36.3 Å². The summed E-state index contributed by atoms with van der Waals surface area (Å²) in [6, 6.07) is 2.49. The highest BCUT2D eigenvalue weighted by Gasteiger charge is 2.49.